The summed E-state index contributed by atoms with van der Waals surface area (Å²) in [4.78, 5) is 26.8. The van der Waals surface area contributed by atoms with Gasteiger partial charge in [0.15, 0.2) is 6.61 Å². The summed E-state index contributed by atoms with van der Waals surface area (Å²) in [6.07, 6.45) is 1.25. The van der Waals surface area contributed by atoms with E-state index in [4.69, 9.17) is 4.74 Å². The van der Waals surface area contributed by atoms with Crippen LogP contribution in [0.25, 0.3) is 0 Å². The normalized spacial score (nSPS) is 14.8. The third-order valence-corrected chi connectivity index (χ3v) is 5.64. The van der Waals surface area contributed by atoms with Gasteiger partial charge in [-0.2, -0.15) is 0 Å². The van der Waals surface area contributed by atoms with Crippen molar-refractivity contribution in [3.8, 4) is 17.2 Å². The van der Waals surface area contributed by atoms with Crippen LogP contribution in [0, 0.1) is 6.92 Å². The Kier molecular flexibility index (Phi) is 6.96. The van der Waals surface area contributed by atoms with Gasteiger partial charge < -0.3 is 25.2 Å². The first-order valence-electron chi connectivity index (χ1n) is 10.9. The highest BCUT2D eigenvalue weighted by molar-refractivity contribution is 5.95. The standard InChI is InChI=1S/C25H32N2O5/c1-16-5-6-22(21(11-16)25(2,3)4)32-15-23(30)27-9-7-18(8-10-27)26-24(31)17-12-19(28)14-20(29)13-17/h5-6,11-14,18,28-29H,7-10,15H2,1-4H3,(H,26,31). The third-order valence-electron chi connectivity index (χ3n) is 5.64. The zero-order valence-electron chi connectivity index (χ0n) is 19.1. The van der Waals surface area contributed by atoms with Crippen molar-refractivity contribution in [2.75, 3.05) is 19.7 Å². The lowest BCUT2D eigenvalue weighted by Crippen LogP contribution is -2.47. The highest BCUT2D eigenvalue weighted by atomic mass is 16.5. The maximum Gasteiger partial charge on any atom is 0.260 e. The molecule has 0 saturated carbocycles. The van der Waals surface area contributed by atoms with Crippen molar-refractivity contribution in [2.45, 2.75) is 52.0 Å². The highest BCUT2D eigenvalue weighted by Crippen LogP contribution is 2.32. The van der Waals surface area contributed by atoms with E-state index in [2.05, 4.69) is 32.2 Å². The number of hydrogen-bond donors (Lipinski definition) is 3. The molecule has 0 spiro atoms. The minimum atomic E-state index is -0.363. The number of piperidine rings is 1. The van der Waals surface area contributed by atoms with Crippen LogP contribution in [0.2, 0.25) is 0 Å². The van der Waals surface area contributed by atoms with Gasteiger partial charge in [-0.1, -0.05) is 38.5 Å². The summed E-state index contributed by atoms with van der Waals surface area (Å²) in [6.45, 7) is 9.42. The van der Waals surface area contributed by atoms with Gasteiger partial charge in [0.25, 0.3) is 11.8 Å². The molecule has 1 aliphatic rings. The number of carbonyl (C=O) groups is 2. The molecule has 32 heavy (non-hydrogen) atoms. The fraction of sp³-hybridized carbons (Fsp3) is 0.440. The molecule has 0 radical (unpaired) electrons. The molecule has 1 saturated heterocycles. The molecule has 0 atom stereocenters. The number of benzene rings is 2. The van der Waals surface area contributed by atoms with Gasteiger partial charge in [0.1, 0.15) is 17.2 Å². The van der Waals surface area contributed by atoms with Gasteiger partial charge in [-0.15, -0.1) is 0 Å². The molecule has 1 fully saturated rings. The molecular formula is C25H32N2O5. The lowest BCUT2D eigenvalue weighted by atomic mass is 9.85. The van der Waals surface area contributed by atoms with Gasteiger partial charge in [-0.25, -0.2) is 0 Å². The second-order valence-electron chi connectivity index (χ2n) is 9.40. The van der Waals surface area contributed by atoms with Crippen LogP contribution in [-0.2, 0) is 10.2 Å². The number of nitrogens with zero attached hydrogens (tertiary/aromatic N) is 1. The second-order valence-corrected chi connectivity index (χ2v) is 9.40. The van der Waals surface area contributed by atoms with E-state index in [1.807, 2.05) is 19.1 Å². The van der Waals surface area contributed by atoms with Gasteiger partial charge >= 0.3 is 0 Å². The number of amides is 2. The Hall–Kier alpha value is -3.22. The predicted octanol–water partition coefficient (Wildman–Crippen LogP) is 3.50. The number of phenolic OH excluding ortho intramolecular Hbond substituents is 2. The Balaban J connectivity index is 1.51. The van der Waals surface area contributed by atoms with Gasteiger partial charge in [-0.3, -0.25) is 9.59 Å². The number of carbonyl (C=O) groups excluding carboxylic acids is 2. The van der Waals surface area contributed by atoms with Crippen molar-refractivity contribution >= 4 is 11.8 Å². The van der Waals surface area contributed by atoms with Gasteiger partial charge in [0, 0.05) is 30.8 Å². The van der Waals surface area contributed by atoms with Crippen LogP contribution >= 0.6 is 0 Å². The Morgan fingerprint density at radius 2 is 1.69 bits per heavy atom. The van der Waals surface area contributed by atoms with Crippen molar-refractivity contribution in [2.24, 2.45) is 0 Å². The largest absolute Gasteiger partial charge is 0.508 e. The zero-order chi connectivity index (χ0) is 23.5. The molecule has 2 aromatic carbocycles. The molecule has 3 rings (SSSR count). The van der Waals surface area contributed by atoms with Crippen molar-refractivity contribution in [3.05, 3.63) is 53.1 Å². The molecule has 2 amide bonds. The average Bonchev–Trinajstić information content (AvgIpc) is 2.71. The molecule has 1 heterocycles. The predicted molar refractivity (Wildman–Crippen MR) is 122 cm³/mol. The molecule has 3 N–H and O–H groups in total. The van der Waals surface area contributed by atoms with Crippen LogP contribution < -0.4 is 10.1 Å². The summed E-state index contributed by atoms with van der Waals surface area (Å²) >= 11 is 0. The third kappa shape index (κ3) is 5.93. The van der Waals surface area contributed by atoms with Crippen molar-refractivity contribution in [1.29, 1.82) is 0 Å². The minimum absolute atomic E-state index is 0.0221. The first kappa shape index (κ1) is 23.4. The number of ether oxygens (including phenoxy) is 1. The lowest BCUT2D eigenvalue weighted by molar-refractivity contribution is -0.134. The van der Waals surface area contributed by atoms with E-state index < -0.39 is 0 Å². The van der Waals surface area contributed by atoms with Crippen LogP contribution in [0.4, 0.5) is 0 Å². The molecular weight excluding hydrogens is 408 g/mol. The number of rotatable bonds is 5. The zero-order valence-corrected chi connectivity index (χ0v) is 19.1. The SMILES string of the molecule is Cc1ccc(OCC(=O)N2CCC(NC(=O)c3cc(O)cc(O)c3)CC2)c(C(C)(C)C)c1. The van der Waals surface area contributed by atoms with E-state index in [9.17, 15) is 19.8 Å². The number of likely N-dealkylation sites (tertiary alicyclic amines) is 1. The molecule has 7 nitrogen and oxygen atoms in total. The molecule has 1 aliphatic heterocycles. The summed E-state index contributed by atoms with van der Waals surface area (Å²) in [5.74, 6) is -0.0445. The molecule has 172 valence electrons. The van der Waals surface area contributed by atoms with E-state index in [-0.39, 0.29) is 46.9 Å². The smallest absolute Gasteiger partial charge is 0.260 e. The summed E-state index contributed by atoms with van der Waals surface area (Å²) in [7, 11) is 0. The second kappa shape index (κ2) is 9.51. The molecule has 7 heteroatoms. The van der Waals surface area contributed by atoms with Crippen LogP contribution in [0.5, 0.6) is 17.2 Å². The summed E-state index contributed by atoms with van der Waals surface area (Å²) in [5.41, 5.74) is 2.33. The van der Waals surface area contributed by atoms with Crippen LogP contribution in [0.1, 0.15) is 55.1 Å². The number of hydrogen-bond acceptors (Lipinski definition) is 5. The monoisotopic (exact) mass is 440 g/mol. The van der Waals surface area contributed by atoms with Gasteiger partial charge in [0.05, 0.1) is 0 Å². The number of aromatic hydroxyl groups is 2. The molecule has 0 aromatic heterocycles. The van der Waals surface area contributed by atoms with Crippen molar-refractivity contribution in [1.82, 2.24) is 10.2 Å². The van der Waals surface area contributed by atoms with Crippen LogP contribution in [-0.4, -0.2) is 52.7 Å². The Morgan fingerprint density at radius 1 is 1.06 bits per heavy atom. The van der Waals surface area contributed by atoms with Crippen molar-refractivity contribution in [3.63, 3.8) is 0 Å². The van der Waals surface area contributed by atoms with E-state index in [1.165, 1.54) is 18.2 Å². The quantitative estimate of drug-likeness (QED) is 0.661. The van der Waals surface area contributed by atoms with Crippen LogP contribution in [0.3, 0.4) is 0 Å². The minimum Gasteiger partial charge on any atom is -0.508 e. The van der Waals surface area contributed by atoms with E-state index in [0.29, 0.717) is 25.9 Å². The number of nitrogens with one attached hydrogen (secondary N) is 1. The average molecular weight is 441 g/mol. The Morgan fingerprint density at radius 3 is 2.28 bits per heavy atom. The van der Waals surface area contributed by atoms with Crippen molar-refractivity contribution < 1.29 is 24.5 Å². The molecule has 0 aliphatic carbocycles. The van der Waals surface area contributed by atoms with E-state index in [1.54, 1.807) is 4.90 Å². The van der Waals surface area contributed by atoms with Gasteiger partial charge in [0.2, 0.25) is 0 Å². The summed E-state index contributed by atoms with van der Waals surface area (Å²) < 4.78 is 5.90. The summed E-state index contributed by atoms with van der Waals surface area (Å²) in [6, 6.07) is 9.70. The maximum atomic E-state index is 12.7. The summed E-state index contributed by atoms with van der Waals surface area (Å²) in [5, 5.41) is 22.0. The lowest BCUT2D eigenvalue weighted by Gasteiger charge is -2.32. The van der Waals surface area contributed by atoms with E-state index in [0.717, 1.165) is 16.9 Å². The molecule has 0 bridgehead atoms. The maximum absolute atomic E-state index is 12.7. The topological polar surface area (TPSA) is 99.1 Å². The van der Waals surface area contributed by atoms with Crippen LogP contribution in [0.15, 0.2) is 36.4 Å². The molecule has 0 unspecified atom stereocenters. The first-order chi connectivity index (χ1) is 15.0. The van der Waals surface area contributed by atoms with Gasteiger partial charge in [-0.05, 0) is 48.9 Å². The Bertz CT molecular complexity index is 968. The number of phenols is 2. The van der Waals surface area contributed by atoms with E-state index >= 15 is 0 Å². The fourth-order valence-corrected chi connectivity index (χ4v) is 3.85. The molecule has 2 aromatic rings. The highest BCUT2D eigenvalue weighted by Gasteiger charge is 2.25. The first-order valence-corrected chi connectivity index (χ1v) is 10.9. The number of aryl methyl sites for hydroxylation is 1. The Labute approximate surface area is 189 Å². The fourth-order valence-electron chi connectivity index (χ4n) is 3.85.